The lowest BCUT2D eigenvalue weighted by atomic mass is 10.1. The molecule has 1 aromatic heterocycles. The first kappa shape index (κ1) is 18.4. The van der Waals surface area contributed by atoms with Gasteiger partial charge in [0.1, 0.15) is 0 Å². The van der Waals surface area contributed by atoms with Crippen molar-refractivity contribution in [2.24, 2.45) is 0 Å². The van der Waals surface area contributed by atoms with Gasteiger partial charge < -0.3 is 5.32 Å². The van der Waals surface area contributed by atoms with Crippen LogP contribution in [0.3, 0.4) is 0 Å². The summed E-state index contributed by atoms with van der Waals surface area (Å²) >= 11 is 7.47. The molecule has 0 unspecified atom stereocenters. The number of para-hydroxylation sites is 1. The summed E-state index contributed by atoms with van der Waals surface area (Å²) in [6.45, 7) is 3.89. The maximum Gasteiger partial charge on any atom is 0.230 e. The predicted molar refractivity (Wildman–Crippen MR) is 103 cm³/mol. The number of rotatable bonds is 6. The summed E-state index contributed by atoms with van der Waals surface area (Å²) in [6, 6.07) is 15.1. The molecule has 0 aliphatic rings. The van der Waals surface area contributed by atoms with Crippen molar-refractivity contribution in [1.29, 1.82) is 0 Å². The van der Waals surface area contributed by atoms with Crippen molar-refractivity contribution in [3.05, 3.63) is 64.7 Å². The molecule has 0 saturated heterocycles. The molecule has 0 aliphatic carbocycles. The van der Waals surface area contributed by atoms with E-state index in [-0.39, 0.29) is 17.7 Å². The van der Waals surface area contributed by atoms with Crippen molar-refractivity contribution in [3.63, 3.8) is 0 Å². The third kappa shape index (κ3) is 4.23. The number of benzene rings is 2. The van der Waals surface area contributed by atoms with E-state index in [1.807, 2.05) is 62.4 Å². The Morgan fingerprint density at radius 3 is 2.73 bits per heavy atom. The summed E-state index contributed by atoms with van der Waals surface area (Å²) in [5.74, 6) is 0.0999. The van der Waals surface area contributed by atoms with Gasteiger partial charge >= 0.3 is 0 Å². The number of thioether (sulfide) groups is 1. The lowest BCUT2D eigenvalue weighted by Crippen LogP contribution is -2.28. The molecule has 0 saturated carbocycles. The van der Waals surface area contributed by atoms with E-state index in [9.17, 15) is 4.79 Å². The molecule has 1 amide bonds. The Hall–Kier alpha value is -2.38. The van der Waals surface area contributed by atoms with E-state index < -0.39 is 0 Å². The monoisotopic (exact) mass is 387 g/mol. The van der Waals surface area contributed by atoms with E-state index in [1.54, 1.807) is 4.68 Å². The molecule has 3 rings (SSSR count). The van der Waals surface area contributed by atoms with Gasteiger partial charge in [-0.2, -0.15) is 4.68 Å². The van der Waals surface area contributed by atoms with Crippen LogP contribution in [0, 0.1) is 6.92 Å². The second-order valence-corrected chi connectivity index (χ2v) is 7.11. The normalized spacial score (nSPS) is 12.0. The average molecular weight is 388 g/mol. The number of halogens is 1. The van der Waals surface area contributed by atoms with E-state index in [1.165, 1.54) is 11.8 Å². The maximum absolute atomic E-state index is 12.3. The molecule has 1 heterocycles. The smallest absolute Gasteiger partial charge is 0.230 e. The van der Waals surface area contributed by atoms with Gasteiger partial charge in [0.25, 0.3) is 0 Å². The van der Waals surface area contributed by atoms with Gasteiger partial charge in [0.2, 0.25) is 11.1 Å². The number of carbonyl (C=O) groups is 1. The van der Waals surface area contributed by atoms with Crippen LogP contribution in [0.5, 0.6) is 0 Å². The molecule has 3 aromatic rings. The highest BCUT2D eigenvalue weighted by molar-refractivity contribution is 7.99. The molecule has 0 spiro atoms. The Balaban J connectivity index is 1.63. The number of hydrogen-bond donors (Lipinski definition) is 1. The summed E-state index contributed by atoms with van der Waals surface area (Å²) < 4.78 is 1.64. The molecule has 1 N–H and O–H groups in total. The second-order valence-electron chi connectivity index (χ2n) is 5.76. The van der Waals surface area contributed by atoms with Crippen LogP contribution in [0.25, 0.3) is 5.69 Å². The molecule has 8 heteroatoms. The molecular weight excluding hydrogens is 370 g/mol. The van der Waals surface area contributed by atoms with Crippen LogP contribution in [-0.2, 0) is 4.79 Å². The molecule has 0 aliphatic heterocycles. The summed E-state index contributed by atoms with van der Waals surface area (Å²) in [7, 11) is 0. The minimum absolute atomic E-state index is 0.109. The Kier molecular flexibility index (Phi) is 5.90. The summed E-state index contributed by atoms with van der Waals surface area (Å²) in [5, 5.41) is 15.9. The molecule has 0 fully saturated rings. The first-order valence-corrected chi connectivity index (χ1v) is 9.43. The number of tetrazole rings is 1. The molecule has 134 valence electrons. The van der Waals surface area contributed by atoms with Crippen molar-refractivity contribution in [2.75, 3.05) is 5.75 Å². The minimum atomic E-state index is -0.177. The van der Waals surface area contributed by atoms with Crippen molar-refractivity contribution in [2.45, 2.75) is 25.0 Å². The van der Waals surface area contributed by atoms with Crippen LogP contribution in [-0.4, -0.2) is 31.9 Å². The van der Waals surface area contributed by atoms with E-state index in [0.29, 0.717) is 10.2 Å². The van der Waals surface area contributed by atoms with Crippen LogP contribution >= 0.6 is 23.4 Å². The van der Waals surface area contributed by atoms with Gasteiger partial charge in [-0.25, -0.2) is 0 Å². The standard InChI is InChI=1S/C18H18ClN5OS/c1-12-7-3-6-10-16(12)24-18(21-22-23-24)26-11-17(25)20-13(2)14-8-4-5-9-15(14)19/h3-10,13H,11H2,1-2H3,(H,20,25)/t13-/m1/s1. The predicted octanol–water partition coefficient (Wildman–Crippen LogP) is 3.59. The zero-order valence-electron chi connectivity index (χ0n) is 14.4. The van der Waals surface area contributed by atoms with Crippen molar-refractivity contribution >= 4 is 29.3 Å². The average Bonchev–Trinajstić information content (AvgIpc) is 3.09. The zero-order chi connectivity index (χ0) is 18.5. The molecule has 26 heavy (non-hydrogen) atoms. The molecular formula is C18H18ClN5OS. The number of nitrogens with one attached hydrogen (secondary N) is 1. The number of amides is 1. The van der Waals surface area contributed by atoms with Gasteiger partial charge in [-0.1, -0.05) is 59.8 Å². The largest absolute Gasteiger partial charge is 0.349 e. The summed E-state index contributed by atoms with van der Waals surface area (Å²) in [6.07, 6.45) is 0. The summed E-state index contributed by atoms with van der Waals surface area (Å²) in [4.78, 5) is 12.3. The fraction of sp³-hybridized carbons (Fsp3) is 0.222. The molecule has 2 aromatic carbocycles. The second kappa shape index (κ2) is 8.33. The minimum Gasteiger partial charge on any atom is -0.349 e. The third-order valence-electron chi connectivity index (χ3n) is 3.87. The van der Waals surface area contributed by atoms with E-state index >= 15 is 0 Å². The lowest BCUT2D eigenvalue weighted by molar-refractivity contribution is -0.119. The van der Waals surface area contributed by atoms with Gasteiger partial charge in [0.15, 0.2) is 0 Å². The lowest BCUT2D eigenvalue weighted by Gasteiger charge is -2.15. The van der Waals surface area contributed by atoms with Gasteiger partial charge in [-0.15, -0.1) is 5.10 Å². The number of aromatic nitrogens is 4. The van der Waals surface area contributed by atoms with Crippen molar-refractivity contribution in [3.8, 4) is 5.69 Å². The topological polar surface area (TPSA) is 72.7 Å². The number of nitrogens with zero attached hydrogens (tertiary/aromatic N) is 4. The number of aryl methyl sites for hydroxylation is 1. The van der Waals surface area contributed by atoms with Crippen molar-refractivity contribution in [1.82, 2.24) is 25.5 Å². The van der Waals surface area contributed by atoms with E-state index in [4.69, 9.17) is 11.6 Å². The van der Waals surface area contributed by atoms with Crippen LogP contribution in [0.1, 0.15) is 24.1 Å². The molecule has 1 atom stereocenters. The Labute approximate surface area is 160 Å². The summed E-state index contributed by atoms with van der Waals surface area (Å²) in [5.41, 5.74) is 2.83. The van der Waals surface area contributed by atoms with Gasteiger partial charge in [-0.3, -0.25) is 4.79 Å². The first-order valence-electron chi connectivity index (χ1n) is 8.07. The maximum atomic E-state index is 12.3. The Bertz CT molecular complexity index is 914. The van der Waals surface area contributed by atoms with E-state index in [2.05, 4.69) is 20.8 Å². The molecule has 0 bridgehead atoms. The highest BCUT2D eigenvalue weighted by Crippen LogP contribution is 2.23. The number of carbonyl (C=O) groups excluding carboxylic acids is 1. The number of hydrogen-bond acceptors (Lipinski definition) is 5. The zero-order valence-corrected chi connectivity index (χ0v) is 16.0. The fourth-order valence-corrected chi connectivity index (χ4v) is 3.53. The SMILES string of the molecule is Cc1ccccc1-n1nnnc1SCC(=O)N[C@H](C)c1ccccc1Cl. The van der Waals surface area contributed by atoms with Gasteiger partial charge in [0.05, 0.1) is 17.5 Å². The van der Waals surface area contributed by atoms with Crippen LogP contribution in [0.15, 0.2) is 53.7 Å². The highest BCUT2D eigenvalue weighted by Gasteiger charge is 2.15. The Morgan fingerprint density at radius 1 is 1.23 bits per heavy atom. The quantitative estimate of drug-likeness (QED) is 0.654. The van der Waals surface area contributed by atoms with E-state index in [0.717, 1.165) is 16.8 Å². The van der Waals surface area contributed by atoms with Crippen molar-refractivity contribution < 1.29 is 4.79 Å². The van der Waals surface area contributed by atoms with Gasteiger partial charge in [0, 0.05) is 5.02 Å². The third-order valence-corrected chi connectivity index (χ3v) is 5.13. The fourth-order valence-electron chi connectivity index (χ4n) is 2.54. The van der Waals surface area contributed by atoms with Crippen LogP contribution < -0.4 is 5.32 Å². The van der Waals surface area contributed by atoms with Gasteiger partial charge in [-0.05, 0) is 47.5 Å². The highest BCUT2D eigenvalue weighted by atomic mass is 35.5. The Morgan fingerprint density at radius 2 is 1.96 bits per heavy atom. The van der Waals surface area contributed by atoms with Crippen LogP contribution in [0.4, 0.5) is 0 Å². The molecule has 6 nitrogen and oxygen atoms in total. The van der Waals surface area contributed by atoms with Crippen LogP contribution in [0.2, 0.25) is 5.02 Å². The first-order chi connectivity index (χ1) is 12.6. The molecule has 0 radical (unpaired) electrons.